The normalized spacial score (nSPS) is 22.7. The van der Waals surface area contributed by atoms with Crippen LogP contribution in [0, 0.1) is 16.0 Å². The van der Waals surface area contributed by atoms with Gasteiger partial charge in [0.1, 0.15) is 0 Å². The Hall–Kier alpha value is -0.980. The zero-order valence-electron chi connectivity index (χ0n) is 11.2. The largest absolute Gasteiger partial charge is 0.393 e. The third kappa shape index (κ3) is 4.54. The molecular formula is C14H19BrN2O3. The smallest absolute Gasteiger partial charge is 0.270 e. The lowest BCUT2D eigenvalue weighted by molar-refractivity contribution is -0.385. The second-order valence-corrected chi connectivity index (χ2v) is 6.31. The summed E-state index contributed by atoms with van der Waals surface area (Å²) in [4.78, 5) is 10.4. The highest BCUT2D eigenvalue weighted by atomic mass is 79.9. The van der Waals surface area contributed by atoms with Gasteiger partial charge in [0.25, 0.3) is 5.69 Å². The Kier molecular flexibility index (Phi) is 5.51. The summed E-state index contributed by atoms with van der Waals surface area (Å²) < 4.78 is 0.719. The van der Waals surface area contributed by atoms with Crippen LogP contribution in [0.15, 0.2) is 22.7 Å². The molecule has 5 nitrogen and oxygen atoms in total. The Labute approximate surface area is 126 Å². The minimum absolute atomic E-state index is 0.101. The number of nitrogens with zero attached hydrogens (tertiary/aromatic N) is 1. The second kappa shape index (κ2) is 7.15. The van der Waals surface area contributed by atoms with Crippen LogP contribution in [0.4, 0.5) is 5.69 Å². The van der Waals surface area contributed by atoms with Gasteiger partial charge in [-0.25, -0.2) is 0 Å². The van der Waals surface area contributed by atoms with Gasteiger partial charge in [-0.1, -0.05) is 22.4 Å². The summed E-state index contributed by atoms with van der Waals surface area (Å²) in [5, 5.41) is 23.8. The Balaban J connectivity index is 1.86. The summed E-state index contributed by atoms with van der Waals surface area (Å²) in [5.41, 5.74) is 0.992. The predicted molar refractivity (Wildman–Crippen MR) is 80.5 cm³/mol. The van der Waals surface area contributed by atoms with Crippen molar-refractivity contribution in [3.63, 3.8) is 0 Å². The fourth-order valence-electron chi connectivity index (χ4n) is 2.71. The number of rotatable bonds is 5. The minimum atomic E-state index is -0.383. The van der Waals surface area contributed by atoms with Crippen LogP contribution < -0.4 is 5.32 Å². The number of nitro groups is 1. The van der Waals surface area contributed by atoms with Crippen molar-refractivity contribution in [1.29, 1.82) is 0 Å². The molecule has 6 heteroatoms. The molecule has 110 valence electrons. The van der Waals surface area contributed by atoms with Gasteiger partial charge in [0, 0.05) is 23.2 Å². The lowest BCUT2D eigenvalue weighted by Gasteiger charge is -2.26. The average Bonchev–Trinajstić information content (AvgIpc) is 2.38. The second-order valence-electron chi connectivity index (χ2n) is 5.39. The van der Waals surface area contributed by atoms with Gasteiger partial charge in [0.05, 0.1) is 11.0 Å². The monoisotopic (exact) mass is 342 g/mol. The molecule has 0 saturated heterocycles. The van der Waals surface area contributed by atoms with E-state index in [1.54, 1.807) is 6.07 Å². The number of nitro benzene ring substituents is 1. The van der Waals surface area contributed by atoms with Crippen LogP contribution in [-0.4, -0.2) is 22.7 Å². The van der Waals surface area contributed by atoms with Crippen LogP contribution >= 0.6 is 15.9 Å². The molecule has 0 heterocycles. The van der Waals surface area contributed by atoms with Gasteiger partial charge in [0.15, 0.2) is 0 Å². The third-order valence-electron chi connectivity index (χ3n) is 3.67. The van der Waals surface area contributed by atoms with Gasteiger partial charge in [0.2, 0.25) is 0 Å². The first-order valence-electron chi connectivity index (χ1n) is 6.87. The molecule has 2 N–H and O–H groups in total. The number of hydrogen-bond donors (Lipinski definition) is 2. The number of benzene rings is 1. The molecule has 0 spiro atoms. The first kappa shape index (κ1) is 15.4. The number of halogens is 1. The van der Waals surface area contributed by atoms with E-state index < -0.39 is 0 Å². The maximum Gasteiger partial charge on any atom is 0.270 e. The van der Waals surface area contributed by atoms with E-state index >= 15 is 0 Å². The van der Waals surface area contributed by atoms with E-state index in [1.165, 1.54) is 6.07 Å². The van der Waals surface area contributed by atoms with Crippen molar-refractivity contribution in [2.75, 3.05) is 6.54 Å². The molecule has 0 amide bonds. The Morgan fingerprint density at radius 1 is 1.40 bits per heavy atom. The average molecular weight is 343 g/mol. The van der Waals surface area contributed by atoms with Crippen molar-refractivity contribution in [2.45, 2.75) is 38.3 Å². The van der Waals surface area contributed by atoms with E-state index in [2.05, 4.69) is 21.2 Å². The summed E-state index contributed by atoms with van der Waals surface area (Å²) in [6.45, 7) is 1.45. The lowest BCUT2D eigenvalue weighted by atomic mass is 9.87. The molecule has 20 heavy (non-hydrogen) atoms. The van der Waals surface area contributed by atoms with Crippen LogP contribution in [0.5, 0.6) is 0 Å². The number of non-ortho nitro benzene ring substituents is 1. The van der Waals surface area contributed by atoms with Crippen molar-refractivity contribution in [1.82, 2.24) is 5.32 Å². The Bertz CT molecular complexity index is 481. The van der Waals surface area contributed by atoms with Crippen molar-refractivity contribution in [3.05, 3.63) is 38.3 Å². The summed E-state index contributed by atoms with van der Waals surface area (Å²) in [6.07, 6.45) is 3.82. The first-order valence-corrected chi connectivity index (χ1v) is 7.66. The summed E-state index contributed by atoms with van der Waals surface area (Å²) in [5.74, 6) is 0.501. The van der Waals surface area contributed by atoms with E-state index in [0.717, 1.165) is 42.3 Å². The van der Waals surface area contributed by atoms with Gasteiger partial charge in [-0.05, 0) is 43.4 Å². The zero-order chi connectivity index (χ0) is 14.5. The van der Waals surface area contributed by atoms with Crippen molar-refractivity contribution >= 4 is 21.6 Å². The first-order chi connectivity index (χ1) is 9.54. The van der Waals surface area contributed by atoms with E-state index in [4.69, 9.17) is 0 Å². The van der Waals surface area contributed by atoms with Gasteiger partial charge in [-0.2, -0.15) is 0 Å². The van der Waals surface area contributed by atoms with Gasteiger partial charge >= 0.3 is 0 Å². The maximum atomic E-state index is 10.8. The molecule has 1 aliphatic rings. The van der Waals surface area contributed by atoms with E-state index in [-0.39, 0.29) is 16.7 Å². The minimum Gasteiger partial charge on any atom is -0.393 e. The molecular weight excluding hydrogens is 324 g/mol. The molecule has 1 aliphatic carbocycles. The molecule has 0 aliphatic heterocycles. The van der Waals surface area contributed by atoms with E-state index in [1.807, 2.05) is 6.07 Å². The zero-order valence-corrected chi connectivity index (χ0v) is 12.8. The van der Waals surface area contributed by atoms with Crippen LogP contribution in [0.25, 0.3) is 0 Å². The summed E-state index contributed by atoms with van der Waals surface area (Å²) >= 11 is 3.29. The van der Waals surface area contributed by atoms with Crippen LogP contribution in [-0.2, 0) is 6.54 Å². The topological polar surface area (TPSA) is 75.4 Å². The highest BCUT2D eigenvalue weighted by Gasteiger charge is 2.19. The third-order valence-corrected chi connectivity index (χ3v) is 4.13. The molecule has 1 aromatic rings. The van der Waals surface area contributed by atoms with Gasteiger partial charge in [-0.3, -0.25) is 10.1 Å². The summed E-state index contributed by atoms with van der Waals surface area (Å²) in [6, 6.07) is 4.98. The predicted octanol–water partition coefficient (Wildman–Crippen LogP) is 3.00. The molecule has 0 aromatic heterocycles. The number of aliphatic hydroxyl groups excluding tert-OH is 1. The van der Waals surface area contributed by atoms with E-state index in [0.29, 0.717) is 12.5 Å². The Morgan fingerprint density at radius 3 is 2.90 bits per heavy atom. The highest BCUT2D eigenvalue weighted by Crippen LogP contribution is 2.24. The van der Waals surface area contributed by atoms with Gasteiger partial charge in [-0.15, -0.1) is 0 Å². The number of aliphatic hydroxyl groups is 1. The molecule has 2 atom stereocenters. The molecule has 1 fully saturated rings. The van der Waals surface area contributed by atoms with Crippen LogP contribution in [0.3, 0.4) is 0 Å². The highest BCUT2D eigenvalue weighted by molar-refractivity contribution is 9.10. The summed E-state index contributed by atoms with van der Waals surface area (Å²) in [7, 11) is 0. The Morgan fingerprint density at radius 2 is 2.20 bits per heavy atom. The molecule has 2 rings (SSSR count). The lowest BCUT2D eigenvalue weighted by Crippen LogP contribution is -2.28. The SMILES string of the molecule is O=[N+]([O-])c1cc(Br)cc(CNCC2CCCC(O)C2)c1. The van der Waals surface area contributed by atoms with Crippen LogP contribution in [0.2, 0.25) is 0 Å². The number of hydrogen-bond acceptors (Lipinski definition) is 4. The van der Waals surface area contributed by atoms with Crippen LogP contribution in [0.1, 0.15) is 31.2 Å². The molecule has 0 radical (unpaired) electrons. The van der Waals surface area contributed by atoms with Crippen molar-refractivity contribution < 1.29 is 10.0 Å². The number of nitrogens with one attached hydrogen (secondary N) is 1. The fraction of sp³-hybridized carbons (Fsp3) is 0.571. The molecule has 1 saturated carbocycles. The fourth-order valence-corrected chi connectivity index (χ4v) is 3.24. The maximum absolute atomic E-state index is 10.8. The standard InChI is InChI=1S/C14H19BrN2O3/c15-12-4-11(5-13(7-12)17(19)20)9-16-8-10-2-1-3-14(18)6-10/h4-5,7,10,14,16,18H,1-3,6,8-9H2. The van der Waals surface area contributed by atoms with Crippen molar-refractivity contribution in [2.24, 2.45) is 5.92 Å². The quantitative estimate of drug-likeness (QED) is 0.637. The molecule has 0 bridgehead atoms. The molecule has 1 aromatic carbocycles. The van der Waals surface area contributed by atoms with E-state index in [9.17, 15) is 15.2 Å². The molecule has 2 unspecified atom stereocenters. The van der Waals surface area contributed by atoms with Crippen molar-refractivity contribution in [3.8, 4) is 0 Å². The van der Waals surface area contributed by atoms with Gasteiger partial charge < -0.3 is 10.4 Å².